The molecule has 0 spiro atoms. The van der Waals surface area contributed by atoms with Crippen molar-refractivity contribution in [3.8, 4) is 0 Å². The molecule has 9 nitrogen and oxygen atoms in total. The van der Waals surface area contributed by atoms with Crippen molar-refractivity contribution in [1.29, 1.82) is 0 Å². The van der Waals surface area contributed by atoms with Crippen molar-refractivity contribution in [2.45, 2.75) is 56.6 Å². The molecule has 0 aliphatic heterocycles. The topological polar surface area (TPSA) is 125 Å². The fourth-order valence-electron chi connectivity index (χ4n) is 5.46. The summed E-state index contributed by atoms with van der Waals surface area (Å²) < 4.78 is 67.3. The molecule has 1 N–H and O–H groups in total. The summed E-state index contributed by atoms with van der Waals surface area (Å²) in [6, 6.07) is 18.4. The maximum atomic E-state index is 13.9. The van der Waals surface area contributed by atoms with Crippen molar-refractivity contribution in [2.24, 2.45) is 0 Å². The van der Waals surface area contributed by atoms with Crippen LogP contribution in [-0.4, -0.2) is 46.0 Å². The van der Waals surface area contributed by atoms with Crippen LogP contribution in [0.1, 0.15) is 70.2 Å². The van der Waals surface area contributed by atoms with Gasteiger partial charge in [0.05, 0.1) is 33.4 Å². The third kappa shape index (κ3) is 8.51. The molecular weight excluding hydrogens is 650 g/mol. The first kappa shape index (κ1) is 33.6. The van der Waals surface area contributed by atoms with Gasteiger partial charge >= 0.3 is 5.97 Å². The van der Waals surface area contributed by atoms with Crippen LogP contribution in [0, 0.1) is 5.82 Å². The molecule has 13 heteroatoms. The van der Waals surface area contributed by atoms with E-state index < -0.39 is 32.7 Å². The Morgan fingerprint density at radius 1 is 0.957 bits per heavy atom. The predicted octanol–water partition coefficient (Wildman–Crippen LogP) is 6.18. The first-order valence-corrected chi connectivity index (χ1v) is 18.7. The van der Waals surface area contributed by atoms with E-state index in [1.807, 2.05) is 18.2 Å². The van der Waals surface area contributed by atoms with Gasteiger partial charge in [-0.3, -0.25) is 8.61 Å². The fourth-order valence-corrected chi connectivity index (χ4v) is 8.59. The summed E-state index contributed by atoms with van der Waals surface area (Å²) in [6.45, 7) is -0.0192. The number of unbranched alkanes of at least 4 members (excludes halogenated alkanes) is 1. The Morgan fingerprint density at radius 3 is 2.37 bits per heavy atom. The largest absolute Gasteiger partial charge is 0.478 e. The van der Waals surface area contributed by atoms with Gasteiger partial charge in [0.25, 0.3) is 0 Å². The molecule has 1 aliphatic carbocycles. The van der Waals surface area contributed by atoms with Crippen LogP contribution >= 0.6 is 11.3 Å². The van der Waals surface area contributed by atoms with Crippen molar-refractivity contribution in [1.82, 2.24) is 4.98 Å². The number of carboxylic acid groups (broad SMARTS) is 1. The van der Waals surface area contributed by atoms with E-state index in [-0.39, 0.29) is 42.9 Å². The second-order valence-electron chi connectivity index (χ2n) is 11.3. The van der Waals surface area contributed by atoms with Gasteiger partial charge in [-0.1, -0.05) is 42.8 Å². The number of aryl methyl sites for hydroxylation is 2. The molecule has 0 saturated heterocycles. The van der Waals surface area contributed by atoms with Crippen LogP contribution < -0.4 is 8.61 Å². The Balaban J connectivity index is 1.29. The number of halogens is 1. The molecule has 4 aromatic rings. The van der Waals surface area contributed by atoms with E-state index in [0.29, 0.717) is 23.6 Å². The molecule has 1 aliphatic rings. The molecule has 1 saturated carbocycles. The lowest BCUT2D eigenvalue weighted by atomic mass is 9.83. The average molecular weight is 686 g/mol. The second kappa shape index (κ2) is 15.2. The van der Waals surface area contributed by atoms with E-state index in [1.54, 1.807) is 23.5 Å². The van der Waals surface area contributed by atoms with Gasteiger partial charge in [0, 0.05) is 30.8 Å². The van der Waals surface area contributed by atoms with Crippen molar-refractivity contribution in [2.75, 3.05) is 21.7 Å². The number of sulfonamides is 1. The number of thiol groups is 1. The fraction of sp³-hybridized carbons (Fsp3) is 0.333. The number of benzene rings is 3. The highest BCUT2D eigenvalue weighted by Crippen LogP contribution is 2.36. The predicted molar refractivity (Wildman–Crippen MR) is 179 cm³/mol. The minimum absolute atomic E-state index is 0.0437. The van der Waals surface area contributed by atoms with Crippen molar-refractivity contribution in [3.63, 3.8) is 0 Å². The molecule has 1 aromatic heterocycles. The third-order valence-corrected chi connectivity index (χ3v) is 11.6. The summed E-state index contributed by atoms with van der Waals surface area (Å²) in [7, 11) is -7.08. The van der Waals surface area contributed by atoms with Crippen LogP contribution in [0.25, 0.3) is 0 Å². The van der Waals surface area contributed by atoms with E-state index in [1.165, 1.54) is 67.4 Å². The number of hydrogen-bond donors (Lipinski definition) is 2. The lowest BCUT2D eigenvalue weighted by Gasteiger charge is -2.26. The number of aromatic carboxylic acids is 1. The maximum absolute atomic E-state index is 13.9. The quantitative estimate of drug-likeness (QED) is 0.107. The van der Waals surface area contributed by atoms with Crippen molar-refractivity contribution in [3.05, 3.63) is 111 Å². The van der Waals surface area contributed by atoms with E-state index in [2.05, 4.69) is 5.38 Å². The zero-order valence-corrected chi connectivity index (χ0v) is 27.7. The minimum atomic E-state index is -4.06. The SMILES string of the molecule is O=C(O)c1ccccc1N(CCCCN(c1ccc(F)cc1)[SH](=O)=O)S(=O)(=O)Cc1cccc(CCc2nc(C3CCC3)cs2)c1. The van der Waals surface area contributed by atoms with Gasteiger partial charge in [-0.15, -0.1) is 11.3 Å². The molecule has 3 aromatic carbocycles. The van der Waals surface area contributed by atoms with Crippen LogP contribution in [0.5, 0.6) is 0 Å². The van der Waals surface area contributed by atoms with Gasteiger partial charge in [0.2, 0.25) is 20.9 Å². The van der Waals surface area contributed by atoms with E-state index in [0.717, 1.165) is 25.6 Å². The van der Waals surface area contributed by atoms with Gasteiger partial charge in [-0.25, -0.2) is 31.0 Å². The number of anilines is 2. The summed E-state index contributed by atoms with van der Waals surface area (Å²) in [6.07, 6.45) is 5.64. The summed E-state index contributed by atoms with van der Waals surface area (Å²) in [4.78, 5) is 16.9. The van der Waals surface area contributed by atoms with Gasteiger partial charge in [0.1, 0.15) is 5.82 Å². The molecule has 0 amide bonds. The highest BCUT2D eigenvalue weighted by atomic mass is 32.2. The number of thiazole rings is 1. The van der Waals surface area contributed by atoms with Gasteiger partial charge < -0.3 is 5.11 Å². The van der Waals surface area contributed by atoms with Crippen molar-refractivity contribution >= 4 is 49.6 Å². The van der Waals surface area contributed by atoms with Crippen LogP contribution in [-0.2, 0) is 39.5 Å². The summed E-state index contributed by atoms with van der Waals surface area (Å²) in [5.41, 5.74) is 2.93. The normalized spacial score (nSPS) is 13.4. The summed E-state index contributed by atoms with van der Waals surface area (Å²) in [5, 5.41) is 13.0. The zero-order chi connectivity index (χ0) is 32.7. The number of aromatic nitrogens is 1. The van der Waals surface area contributed by atoms with E-state index in [9.17, 15) is 31.1 Å². The Kier molecular flexibility index (Phi) is 11.1. The van der Waals surface area contributed by atoms with Crippen LogP contribution in [0.4, 0.5) is 15.8 Å². The van der Waals surface area contributed by atoms with E-state index in [4.69, 9.17) is 4.98 Å². The summed E-state index contributed by atoms with van der Waals surface area (Å²) in [5.74, 6) is -1.51. The molecule has 46 heavy (non-hydrogen) atoms. The number of carboxylic acids is 1. The van der Waals surface area contributed by atoms with Gasteiger partial charge in [-0.2, -0.15) is 0 Å². The standard InChI is InChI=1S/C33H36FN3O6S3/c34-27-14-16-28(17-15-27)36(45(40)41)19-3-4-20-37(31-12-2-1-11-29(31)33(38)39)46(42,43)23-25-8-5-7-24(21-25)13-18-32-35-30(22-44-32)26-9-6-10-26/h1-2,5,7-8,11-12,14-17,21-22,26,45H,3-4,6,9-10,13,18-20,23H2,(H,38,39). The minimum Gasteiger partial charge on any atom is -0.478 e. The number of nitrogens with zero attached hydrogens (tertiary/aromatic N) is 3. The molecule has 0 unspecified atom stereocenters. The smallest absolute Gasteiger partial charge is 0.337 e. The molecule has 5 rings (SSSR count). The Morgan fingerprint density at radius 2 is 1.67 bits per heavy atom. The molecular formula is C33H36FN3O6S3. The molecule has 1 heterocycles. The Labute approximate surface area is 274 Å². The lowest BCUT2D eigenvalue weighted by Crippen LogP contribution is -2.35. The van der Waals surface area contributed by atoms with Gasteiger partial charge in [-0.05, 0) is 79.6 Å². The summed E-state index contributed by atoms with van der Waals surface area (Å²) >= 11 is 1.66. The molecule has 1 fully saturated rings. The third-order valence-electron chi connectivity index (χ3n) is 8.10. The highest BCUT2D eigenvalue weighted by Gasteiger charge is 2.27. The van der Waals surface area contributed by atoms with E-state index >= 15 is 0 Å². The van der Waals surface area contributed by atoms with Crippen LogP contribution in [0.2, 0.25) is 0 Å². The first-order valence-electron chi connectivity index (χ1n) is 15.1. The average Bonchev–Trinajstić information content (AvgIpc) is 3.45. The zero-order valence-electron chi connectivity index (χ0n) is 25.1. The maximum Gasteiger partial charge on any atom is 0.337 e. The number of rotatable bonds is 16. The molecule has 0 radical (unpaired) electrons. The molecule has 0 bridgehead atoms. The Bertz CT molecular complexity index is 1830. The highest BCUT2D eigenvalue weighted by molar-refractivity contribution is 7.92. The van der Waals surface area contributed by atoms with Crippen LogP contribution in [0.15, 0.2) is 78.2 Å². The first-order chi connectivity index (χ1) is 22.1. The second-order valence-corrected chi connectivity index (χ2v) is 15.1. The number of carbonyl (C=O) groups is 1. The number of hydrogen-bond acceptors (Lipinski definition) is 7. The lowest BCUT2D eigenvalue weighted by molar-refractivity contribution is 0.0697. The number of para-hydroxylation sites is 1. The van der Waals surface area contributed by atoms with Crippen molar-refractivity contribution < 1.29 is 31.1 Å². The monoisotopic (exact) mass is 685 g/mol. The molecule has 0 atom stereocenters. The molecule has 244 valence electrons. The van der Waals surface area contributed by atoms with Gasteiger partial charge in [0.15, 0.2) is 0 Å². The Hall–Kier alpha value is -3.81. The van der Waals surface area contributed by atoms with Crippen LogP contribution in [0.3, 0.4) is 0 Å².